The third-order valence-electron chi connectivity index (χ3n) is 2.21. The molecule has 5 heteroatoms. The fraction of sp³-hybridized carbons (Fsp3) is 0.462. The van der Waals surface area contributed by atoms with E-state index in [9.17, 15) is 4.79 Å². The van der Waals surface area contributed by atoms with Gasteiger partial charge in [-0.15, -0.1) is 0 Å². The lowest BCUT2D eigenvalue weighted by atomic mass is 10.3. The maximum atomic E-state index is 11.5. The predicted octanol–water partition coefficient (Wildman–Crippen LogP) is 1.86. The van der Waals surface area contributed by atoms with E-state index in [1.54, 1.807) is 7.11 Å². The number of ether oxygens (including phenoxy) is 2. The Morgan fingerprint density at radius 1 is 1.17 bits per heavy atom. The van der Waals surface area contributed by atoms with Gasteiger partial charge in [-0.3, -0.25) is 0 Å². The number of carbonyl (C=O) groups is 1. The average Bonchev–Trinajstić information content (AvgIpc) is 2.39. The van der Waals surface area contributed by atoms with Crippen LogP contribution in [0.15, 0.2) is 30.3 Å². The van der Waals surface area contributed by atoms with E-state index in [0.29, 0.717) is 26.4 Å². The number of urea groups is 1. The summed E-state index contributed by atoms with van der Waals surface area (Å²) >= 11 is 0. The monoisotopic (exact) mass is 252 g/mol. The lowest BCUT2D eigenvalue weighted by Crippen LogP contribution is -2.30. The number of amides is 2. The van der Waals surface area contributed by atoms with E-state index in [4.69, 9.17) is 9.47 Å². The van der Waals surface area contributed by atoms with Crippen LogP contribution in [0.4, 0.5) is 10.5 Å². The summed E-state index contributed by atoms with van der Waals surface area (Å²) in [6.07, 6.45) is 0.784. The van der Waals surface area contributed by atoms with Crippen molar-refractivity contribution in [3.05, 3.63) is 30.3 Å². The number of rotatable bonds is 8. The molecule has 0 radical (unpaired) electrons. The van der Waals surface area contributed by atoms with Crippen molar-refractivity contribution in [2.24, 2.45) is 0 Å². The molecule has 2 amide bonds. The second kappa shape index (κ2) is 9.44. The molecule has 0 aliphatic rings. The third kappa shape index (κ3) is 6.88. The second-order valence-electron chi connectivity index (χ2n) is 3.71. The fourth-order valence-corrected chi connectivity index (χ4v) is 1.32. The first-order valence-corrected chi connectivity index (χ1v) is 5.99. The van der Waals surface area contributed by atoms with E-state index in [1.165, 1.54) is 0 Å². The van der Waals surface area contributed by atoms with Gasteiger partial charge in [0, 0.05) is 25.9 Å². The molecule has 0 fully saturated rings. The molecule has 18 heavy (non-hydrogen) atoms. The Morgan fingerprint density at radius 3 is 2.67 bits per heavy atom. The molecule has 2 N–H and O–H groups in total. The van der Waals surface area contributed by atoms with Gasteiger partial charge in [0.2, 0.25) is 0 Å². The molecule has 0 bridgehead atoms. The number of carbonyl (C=O) groups excluding carboxylic acids is 1. The first-order chi connectivity index (χ1) is 8.83. The normalized spacial score (nSPS) is 10.1. The standard InChI is InChI=1S/C13H20N2O3/c1-17-10-11-18-9-5-8-14-13(16)15-12-6-3-2-4-7-12/h2-4,6-7H,5,8-11H2,1H3,(H2,14,15,16). The summed E-state index contributed by atoms with van der Waals surface area (Å²) in [5.41, 5.74) is 0.784. The summed E-state index contributed by atoms with van der Waals surface area (Å²) < 4.78 is 10.1. The van der Waals surface area contributed by atoms with Gasteiger partial charge in [0.25, 0.3) is 0 Å². The van der Waals surface area contributed by atoms with Crippen LogP contribution in [0.1, 0.15) is 6.42 Å². The maximum absolute atomic E-state index is 11.5. The van der Waals surface area contributed by atoms with Gasteiger partial charge in [0.05, 0.1) is 13.2 Å². The molecule has 0 spiro atoms. The molecule has 0 aromatic heterocycles. The zero-order chi connectivity index (χ0) is 13.1. The largest absolute Gasteiger partial charge is 0.382 e. The van der Waals surface area contributed by atoms with Gasteiger partial charge >= 0.3 is 6.03 Å². The van der Waals surface area contributed by atoms with Crippen molar-refractivity contribution in [1.82, 2.24) is 5.32 Å². The number of para-hydroxylation sites is 1. The van der Waals surface area contributed by atoms with Gasteiger partial charge in [-0.05, 0) is 18.6 Å². The molecule has 1 rings (SSSR count). The van der Waals surface area contributed by atoms with Crippen molar-refractivity contribution in [2.75, 3.05) is 38.8 Å². The Kier molecular flexibility index (Phi) is 7.59. The summed E-state index contributed by atoms with van der Waals surface area (Å²) in [7, 11) is 1.64. The van der Waals surface area contributed by atoms with Crippen LogP contribution >= 0.6 is 0 Å². The van der Waals surface area contributed by atoms with Crippen LogP contribution in [0.5, 0.6) is 0 Å². The van der Waals surface area contributed by atoms with Crippen LogP contribution in [-0.4, -0.2) is 39.5 Å². The number of methoxy groups -OCH3 is 1. The molecule has 0 aliphatic carbocycles. The van der Waals surface area contributed by atoms with E-state index in [2.05, 4.69) is 10.6 Å². The zero-order valence-electron chi connectivity index (χ0n) is 10.6. The van der Waals surface area contributed by atoms with Crippen molar-refractivity contribution >= 4 is 11.7 Å². The molecule has 0 atom stereocenters. The summed E-state index contributed by atoms with van der Waals surface area (Å²) in [5.74, 6) is 0. The van der Waals surface area contributed by atoms with Crippen molar-refractivity contribution < 1.29 is 14.3 Å². The average molecular weight is 252 g/mol. The van der Waals surface area contributed by atoms with E-state index in [-0.39, 0.29) is 6.03 Å². The summed E-state index contributed by atoms with van der Waals surface area (Å²) in [4.78, 5) is 11.5. The number of anilines is 1. The summed E-state index contributed by atoms with van der Waals surface area (Å²) in [6, 6.07) is 9.14. The highest BCUT2D eigenvalue weighted by atomic mass is 16.5. The highest BCUT2D eigenvalue weighted by molar-refractivity contribution is 5.89. The molecule has 0 saturated heterocycles. The van der Waals surface area contributed by atoms with Gasteiger partial charge in [0.1, 0.15) is 0 Å². The number of nitrogens with one attached hydrogen (secondary N) is 2. The number of hydrogen-bond donors (Lipinski definition) is 2. The second-order valence-corrected chi connectivity index (χ2v) is 3.71. The smallest absolute Gasteiger partial charge is 0.319 e. The topological polar surface area (TPSA) is 59.6 Å². The quantitative estimate of drug-likeness (QED) is 0.694. The van der Waals surface area contributed by atoms with Crippen LogP contribution in [0.25, 0.3) is 0 Å². The molecule has 0 saturated carbocycles. The fourth-order valence-electron chi connectivity index (χ4n) is 1.32. The summed E-state index contributed by atoms with van der Waals surface area (Å²) in [5, 5.41) is 5.50. The van der Waals surface area contributed by atoms with Gasteiger partial charge in [0.15, 0.2) is 0 Å². The highest BCUT2D eigenvalue weighted by Crippen LogP contribution is 2.03. The van der Waals surface area contributed by atoms with Gasteiger partial charge in [-0.2, -0.15) is 0 Å². The SMILES string of the molecule is COCCOCCCNC(=O)Nc1ccccc1. The molecule has 100 valence electrons. The Morgan fingerprint density at radius 2 is 1.94 bits per heavy atom. The van der Waals surface area contributed by atoms with E-state index in [1.807, 2.05) is 30.3 Å². The van der Waals surface area contributed by atoms with Gasteiger partial charge in [-0.25, -0.2) is 4.79 Å². The Balaban J connectivity index is 2.00. The lowest BCUT2D eigenvalue weighted by molar-refractivity contribution is 0.0697. The van der Waals surface area contributed by atoms with Crippen LogP contribution < -0.4 is 10.6 Å². The highest BCUT2D eigenvalue weighted by Gasteiger charge is 1.99. The lowest BCUT2D eigenvalue weighted by Gasteiger charge is -2.07. The minimum atomic E-state index is -0.196. The molecular weight excluding hydrogens is 232 g/mol. The Hall–Kier alpha value is -1.59. The number of hydrogen-bond acceptors (Lipinski definition) is 3. The van der Waals surface area contributed by atoms with E-state index >= 15 is 0 Å². The molecule has 0 aliphatic heterocycles. The van der Waals surface area contributed by atoms with Crippen molar-refractivity contribution in [3.8, 4) is 0 Å². The molecule has 0 unspecified atom stereocenters. The molecular formula is C13H20N2O3. The Labute approximate surface area is 107 Å². The predicted molar refractivity (Wildman–Crippen MR) is 70.8 cm³/mol. The minimum absolute atomic E-state index is 0.196. The van der Waals surface area contributed by atoms with Crippen molar-refractivity contribution in [2.45, 2.75) is 6.42 Å². The van der Waals surface area contributed by atoms with Crippen LogP contribution in [0.2, 0.25) is 0 Å². The first kappa shape index (κ1) is 14.5. The van der Waals surface area contributed by atoms with E-state index < -0.39 is 0 Å². The van der Waals surface area contributed by atoms with Crippen LogP contribution in [-0.2, 0) is 9.47 Å². The molecule has 5 nitrogen and oxygen atoms in total. The van der Waals surface area contributed by atoms with Gasteiger partial charge < -0.3 is 20.1 Å². The van der Waals surface area contributed by atoms with Crippen LogP contribution in [0.3, 0.4) is 0 Å². The van der Waals surface area contributed by atoms with Crippen LogP contribution in [0, 0.1) is 0 Å². The van der Waals surface area contributed by atoms with Gasteiger partial charge in [-0.1, -0.05) is 18.2 Å². The third-order valence-corrected chi connectivity index (χ3v) is 2.21. The van der Waals surface area contributed by atoms with E-state index in [0.717, 1.165) is 12.1 Å². The molecule has 1 aromatic rings. The Bertz CT molecular complexity index is 330. The van der Waals surface area contributed by atoms with Crippen molar-refractivity contribution in [3.63, 3.8) is 0 Å². The number of benzene rings is 1. The molecule has 0 heterocycles. The first-order valence-electron chi connectivity index (χ1n) is 5.99. The van der Waals surface area contributed by atoms with Crippen molar-refractivity contribution in [1.29, 1.82) is 0 Å². The zero-order valence-corrected chi connectivity index (χ0v) is 10.6. The molecule has 1 aromatic carbocycles. The minimum Gasteiger partial charge on any atom is -0.382 e. The summed E-state index contributed by atoms with van der Waals surface area (Å²) in [6.45, 7) is 2.40. The maximum Gasteiger partial charge on any atom is 0.319 e.